The molecule has 1 aromatic rings. The van der Waals surface area contributed by atoms with Crippen LogP contribution in [0.25, 0.3) is 6.08 Å². The number of hydrogen-bond donors (Lipinski definition) is 0. The summed E-state index contributed by atoms with van der Waals surface area (Å²) >= 11 is 0. The van der Waals surface area contributed by atoms with Crippen molar-refractivity contribution in [1.82, 2.24) is 4.90 Å². The number of benzene rings is 1. The van der Waals surface area contributed by atoms with Crippen LogP contribution in [0.2, 0.25) is 0 Å². The molecule has 1 aliphatic rings. The van der Waals surface area contributed by atoms with Crippen molar-refractivity contribution in [3.8, 4) is 11.5 Å². The minimum atomic E-state index is -0.778. The van der Waals surface area contributed by atoms with Gasteiger partial charge in [0.25, 0.3) is 5.91 Å². The molecule has 1 atom stereocenters. The normalized spacial score (nSPS) is 15.4. The molecule has 1 aliphatic heterocycles. The zero-order valence-corrected chi connectivity index (χ0v) is 14.3. The molecule has 1 heterocycles. The molecular formula is C18H23NO5. The molecule has 1 amide bonds. The molecule has 0 aliphatic carbocycles. The minimum absolute atomic E-state index is 0.141. The predicted molar refractivity (Wildman–Crippen MR) is 89.9 cm³/mol. The fourth-order valence-corrected chi connectivity index (χ4v) is 2.55. The van der Waals surface area contributed by atoms with Gasteiger partial charge in [-0.3, -0.25) is 4.79 Å². The second-order valence-corrected chi connectivity index (χ2v) is 5.59. The fourth-order valence-electron chi connectivity index (χ4n) is 2.55. The smallest absolute Gasteiger partial charge is 0.331 e. The second kappa shape index (κ2) is 8.38. The van der Waals surface area contributed by atoms with Gasteiger partial charge in [0.1, 0.15) is 11.5 Å². The largest absolute Gasteiger partial charge is 0.497 e. The van der Waals surface area contributed by atoms with E-state index in [4.69, 9.17) is 14.2 Å². The van der Waals surface area contributed by atoms with E-state index in [1.807, 2.05) is 0 Å². The SMILES string of the molecule is COc1cc(/C=C/C(=O)O[C@H](C)C(=O)N2CCCC2)cc(OC)c1. The Balaban J connectivity index is 1.96. The van der Waals surface area contributed by atoms with E-state index in [0.29, 0.717) is 11.5 Å². The first-order valence-corrected chi connectivity index (χ1v) is 7.94. The summed E-state index contributed by atoms with van der Waals surface area (Å²) in [6.45, 7) is 3.07. The van der Waals surface area contributed by atoms with E-state index in [-0.39, 0.29) is 5.91 Å². The second-order valence-electron chi connectivity index (χ2n) is 5.59. The molecule has 6 nitrogen and oxygen atoms in total. The Morgan fingerprint density at radius 1 is 1.08 bits per heavy atom. The average molecular weight is 333 g/mol. The zero-order valence-electron chi connectivity index (χ0n) is 14.3. The molecule has 1 aromatic carbocycles. The molecule has 1 fully saturated rings. The molecule has 0 saturated carbocycles. The van der Waals surface area contributed by atoms with Crippen LogP contribution in [-0.2, 0) is 14.3 Å². The van der Waals surface area contributed by atoms with Gasteiger partial charge in [0.15, 0.2) is 6.10 Å². The molecule has 0 radical (unpaired) electrons. The maximum Gasteiger partial charge on any atom is 0.331 e. The van der Waals surface area contributed by atoms with Crippen molar-refractivity contribution in [1.29, 1.82) is 0 Å². The van der Waals surface area contributed by atoms with E-state index in [2.05, 4.69) is 0 Å². The average Bonchev–Trinajstić information content (AvgIpc) is 3.13. The fraction of sp³-hybridized carbons (Fsp3) is 0.444. The number of carbonyl (C=O) groups excluding carboxylic acids is 2. The third-order valence-electron chi connectivity index (χ3n) is 3.84. The Morgan fingerprint density at radius 2 is 1.67 bits per heavy atom. The first kappa shape index (κ1) is 17.8. The van der Waals surface area contributed by atoms with Crippen LogP contribution < -0.4 is 9.47 Å². The lowest BCUT2D eigenvalue weighted by atomic mass is 10.2. The van der Waals surface area contributed by atoms with Gasteiger partial charge in [-0.05, 0) is 43.5 Å². The van der Waals surface area contributed by atoms with Crippen LogP contribution in [0, 0.1) is 0 Å². The Hall–Kier alpha value is -2.50. The third-order valence-corrected chi connectivity index (χ3v) is 3.84. The highest BCUT2D eigenvalue weighted by Gasteiger charge is 2.25. The van der Waals surface area contributed by atoms with Crippen molar-refractivity contribution in [3.63, 3.8) is 0 Å². The van der Waals surface area contributed by atoms with Gasteiger partial charge < -0.3 is 19.1 Å². The summed E-state index contributed by atoms with van der Waals surface area (Å²) in [5.74, 6) is 0.550. The van der Waals surface area contributed by atoms with Gasteiger partial charge in [0.05, 0.1) is 14.2 Å². The molecule has 130 valence electrons. The van der Waals surface area contributed by atoms with E-state index in [1.54, 1.807) is 50.3 Å². The number of hydrogen-bond acceptors (Lipinski definition) is 5. The van der Waals surface area contributed by atoms with Crippen molar-refractivity contribution in [2.24, 2.45) is 0 Å². The minimum Gasteiger partial charge on any atom is -0.497 e. The summed E-state index contributed by atoms with van der Waals surface area (Å²) < 4.78 is 15.5. The number of rotatable bonds is 6. The van der Waals surface area contributed by atoms with Crippen molar-refractivity contribution in [2.75, 3.05) is 27.3 Å². The number of methoxy groups -OCH3 is 2. The van der Waals surface area contributed by atoms with Crippen LogP contribution in [-0.4, -0.2) is 50.2 Å². The Labute approximate surface area is 142 Å². The van der Waals surface area contributed by atoms with Gasteiger partial charge in [-0.25, -0.2) is 4.79 Å². The number of esters is 1. The van der Waals surface area contributed by atoms with E-state index >= 15 is 0 Å². The highest BCUT2D eigenvalue weighted by Crippen LogP contribution is 2.23. The lowest BCUT2D eigenvalue weighted by Crippen LogP contribution is -2.37. The number of amides is 1. The number of carbonyl (C=O) groups is 2. The summed E-state index contributed by atoms with van der Waals surface area (Å²) in [5, 5.41) is 0. The summed E-state index contributed by atoms with van der Waals surface area (Å²) in [5.41, 5.74) is 0.738. The van der Waals surface area contributed by atoms with Gasteiger partial charge in [-0.1, -0.05) is 0 Å². The zero-order chi connectivity index (χ0) is 17.5. The molecule has 0 N–H and O–H groups in total. The Kier molecular flexibility index (Phi) is 6.23. The monoisotopic (exact) mass is 333 g/mol. The van der Waals surface area contributed by atoms with Crippen molar-refractivity contribution in [2.45, 2.75) is 25.9 Å². The first-order valence-electron chi connectivity index (χ1n) is 7.94. The van der Waals surface area contributed by atoms with Gasteiger partial charge in [0, 0.05) is 25.2 Å². The number of nitrogens with zero attached hydrogens (tertiary/aromatic N) is 1. The van der Waals surface area contributed by atoms with E-state index in [0.717, 1.165) is 31.5 Å². The Bertz CT molecular complexity index is 598. The molecule has 24 heavy (non-hydrogen) atoms. The van der Waals surface area contributed by atoms with Crippen LogP contribution in [0.5, 0.6) is 11.5 Å². The standard InChI is InChI=1S/C18H23NO5/c1-13(18(21)19-8-4-5-9-19)24-17(20)7-6-14-10-15(22-2)12-16(11-14)23-3/h6-7,10-13H,4-5,8-9H2,1-3H3/b7-6+/t13-/m1/s1. The Morgan fingerprint density at radius 3 is 2.21 bits per heavy atom. The predicted octanol–water partition coefficient (Wildman–Crippen LogP) is 2.27. The van der Waals surface area contributed by atoms with Gasteiger partial charge in [0.2, 0.25) is 0 Å². The molecule has 6 heteroatoms. The maximum absolute atomic E-state index is 12.1. The molecule has 0 bridgehead atoms. The van der Waals surface area contributed by atoms with Crippen LogP contribution in [0.3, 0.4) is 0 Å². The first-order chi connectivity index (χ1) is 11.5. The summed E-state index contributed by atoms with van der Waals surface area (Å²) in [6.07, 6.45) is 4.12. The summed E-state index contributed by atoms with van der Waals surface area (Å²) in [7, 11) is 3.12. The van der Waals surface area contributed by atoms with Gasteiger partial charge >= 0.3 is 5.97 Å². The highest BCUT2D eigenvalue weighted by molar-refractivity contribution is 5.90. The molecular weight excluding hydrogens is 310 g/mol. The van der Waals surface area contributed by atoms with Crippen LogP contribution in [0.4, 0.5) is 0 Å². The molecule has 0 aromatic heterocycles. The lowest BCUT2D eigenvalue weighted by molar-refractivity contribution is -0.154. The molecule has 0 unspecified atom stereocenters. The molecule has 1 saturated heterocycles. The van der Waals surface area contributed by atoms with E-state index in [9.17, 15) is 9.59 Å². The van der Waals surface area contributed by atoms with Crippen molar-refractivity contribution < 1.29 is 23.8 Å². The van der Waals surface area contributed by atoms with Gasteiger partial charge in [-0.2, -0.15) is 0 Å². The van der Waals surface area contributed by atoms with Crippen molar-refractivity contribution in [3.05, 3.63) is 29.8 Å². The lowest BCUT2D eigenvalue weighted by Gasteiger charge is -2.19. The van der Waals surface area contributed by atoms with Crippen LogP contribution in [0.1, 0.15) is 25.3 Å². The molecule has 0 spiro atoms. The van der Waals surface area contributed by atoms with Crippen LogP contribution in [0.15, 0.2) is 24.3 Å². The summed E-state index contributed by atoms with van der Waals surface area (Å²) in [6, 6.07) is 5.28. The van der Waals surface area contributed by atoms with E-state index in [1.165, 1.54) is 6.08 Å². The number of likely N-dealkylation sites (tertiary alicyclic amines) is 1. The highest BCUT2D eigenvalue weighted by atomic mass is 16.5. The number of ether oxygens (including phenoxy) is 3. The van der Waals surface area contributed by atoms with Crippen LogP contribution >= 0.6 is 0 Å². The summed E-state index contributed by atoms with van der Waals surface area (Å²) in [4.78, 5) is 25.8. The third kappa shape index (κ3) is 4.75. The van der Waals surface area contributed by atoms with E-state index < -0.39 is 12.1 Å². The van der Waals surface area contributed by atoms with Gasteiger partial charge in [-0.15, -0.1) is 0 Å². The quantitative estimate of drug-likeness (QED) is 0.590. The topological polar surface area (TPSA) is 65.1 Å². The molecule has 2 rings (SSSR count). The van der Waals surface area contributed by atoms with Crippen molar-refractivity contribution >= 4 is 18.0 Å². The maximum atomic E-state index is 12.1.